The van der Waals surface area contributed by atoms with Crippen molar-refractivity contribution < 1.29 is 21.9 Å². The lowest BCUT2D eigenvalue weighted by molar-refractivity contribution is -0.121. The number of carbonyl (C=O) groups excluding carboxylic acids is 1. The van der Waals surface area contributed by atoms with Crippen molar-refractivity contribution in [3.63, 3.8) is 0 Å². The fourth-order valence-corrected chi connectivity index (χ4v) is 2.47. The zero-order valence-electron chi connectivity index (χ0n) is 17.8. The molecule has 0 aliphatic heterocycles. The maximum Gasteiger partial charge on any atom is 0.397 e. The smallest absolute Gasteiger partial charge is 0.356 e. The number of unbranched alkanes of at least 4 members (excludes halogenated alkanes) is 9. The van der Waals surface area contributed by atoms with Gasteiger partial charge in [0.05, 0.1) is 7.11 Å². The second-order valence-corrected chi connectivity index (χ2v) is 8.22. The molecule has 0 heterocycles. The summed E-state index contributed by atoms with van der Waals surface area (Å²) < 4.78 is 29.7. The standard InChI is InChI=1S/C18H38N2O.CH4O4S/c1-4-5-6-7-8-9-10-11-12-15-18(21)19-16-13-14-17-20(2)3;1-5-6(2,3)4/h4-17H2,1-3H3,(H,19,21);1H3,(H,2,3,4). The van der Waals surface area contributed by atoms with E-state index in [4.69, 9.17) is 4.55 Å². The molecule has 7 nitrogen and oxygen atoms in total. The first-order chi connectivity index (χ1) is 12.7. The summed E-state index contributed by atoms with van der Waals surface area (Å²) in [7, 11) is 0.880. The molecule has 27 heavy (non-hydrogen) atoms. The van der Waals surface area contributed by atoms with Crippen LogP contribution in [-0.4, -0.2) is 58.1 Å². The van der Waals surface area contributed by atoms with Crippen molar-refractivity contribution in [2.24, 2.45) is 0 Å². The van der Waals surface area contributed by atoms with E-state index in [1.807, 2.05) is 0 Å². The number of hydrogen-bond acceptors (Lipinski definition) is 5. The molecule has 0 unspecified atom stereocenters. The molecule has 0 atom stereocenters. The van der Waals surface area contributed by atoms with Gasteiger partial charge in [0.2, 0.25) is 5.91 Å². The Morgan fingerprint density at radius 1 is 0.926 bits per heavy atom. The van der Waals surface area contributed by atoms with Crippen molar-refractivity contribution >= 4 is 16.3 Å². The summed E-state index contributed by atoms with van der Waals surface area (Å²) in [5, 5.41) is 3.02. The van der Waals surface area contributed by atoms with E-state index in [-0.39, 0.29) is 5.91 Å². The fourth-order valence-electron chi connectivity index (χ4n) is 2.47. The third-order valence-corrected chi connectivity index (χ3v) is 4.49. The largest absolute Gasteiger partial charge is 0.397 e. The van der Waals surface area contributed by atoms with Crippen LogP contribution in [0.2, 0.25) is 0 Å². The Balaban J connectivity index is 0. The summed E-state index contributed by atoms with van der Waals surface area (Å²) in [6.45, 7) is 4.20. The highest BCUT2D eigenvalue weighted by Gasteiger charge is 2.00. The monoisotopic (exact) mass is 410 g/mol. The zero-order chi connectivity index (χ0) is 21.0. The van der Waals surface area contributed by atoms with Crippen LogP contribution in [0.1, 0.15) is 84.0 Å². The van der Waals surface area contributed by atoms with Crippen molar-refractivity contribution in [1.29, 1.82) is 0 Å². The average molecular weight is 411 g/mol. The molecule has 0 bridgehead atoms. The van der Waals surface area contributed by atoms with E-state index in [0.717, 1.165) is 39.5 Å². The van der Waals surface area contributed by atoms with E-state index < -0.39 is 10.4 Å². The highest BCUT2D eigenvalue weighted by atomic mass is 32.3. The Kier molecular flexibility index (Phi) is 21.2. The summed E-state index contributed by atoms with van der Waals surface area (Å²) in [6.07, 6.45) is 14.7. The lowest BCUT2D eigenvalue weighted by atomic mass is 10.1. The van der Waals surface area contributed by atoms with Crippen LogP contribution in [0.15, 0.2) is 0 Å². The molecule has 8 heteroatoms. The molecule has 0 aromatic heterocycles. The summed E-state index contributed by atoms with van der Waals surface area (Å²) >= 11 is 0. The molecule has 0 fully saturated rings. The Hall–Kier alpha value is -0.700. The summed E-state index contributed by atoms with van der Waals surface area (Å²) in [5.74, 6) is 0.239. The highest BCUT2D eigenvalue weighted by Crippen LogP contribution is 2.10. The van der Waals surface area contributed by atoms with Gasteiger partial charge in [0, 0.05) is 13.0 Å². The van der Waals surface area contributed by atoms with Crippen LogP contribution >= 0.6 is 0 Å². The van der Waals surface area contributed by atoms with Gasteiger partial charge in [0.1, 0.15) is 0 Å². The minimum Gasteiger partial charge on any atom is -0.356 e. The number of rotatable bonds is 16. The lowest BCUT2D eigenvalue weighted by Crippen LogP contribution is -2.24. The summed E-state index contributed by atoms with van der Waals surface area (Å²) in [5.41, 5.74) is 0. The number of hydrogen-bond donors (Lipinski definition) is 2. The zero-order valence-corrected chi connectivity index (χ0v) is 18.7. The number of amides is 1. The molecule has 2 N–H and O–H groups in total. The highest BCUT2D eigenvalue weighted by molar-refractivity contribution is 7.80. The van der Waals surface area contributed by atoms with Crippen molar-refractivity contribution in [1.82, 2.24) is 10.2 Å². The maximum atomic E-state index is 11.6. The Labute approximate surface area is 167 Å². The number of nitrogens with one attached hydrogen (secondary N) is 1. The minimum atomic E-state index is -4.16. The molecular weight excluding hydrogens is 368 g/mol. The second kappa shape index (κ2) is 20.0. The molecule has 0 saturated heterocycles. The average Bonchev–Trinajstić information content (AvgIpc) is 2.59. The first kappa shape index (κ1) is 28.5. The summed E-state index contributed by atoms with van der Waals surface area (Å²) in [4.78, 5) is 13.8. The van der Waals surface area contributed by atoms with Gasteiger partial charge >= 0.3 is 10.4 Å². The SMILES string of the molecule is CCCCCCCCCCCC(=O)NCCCCN(C)C.COS(=O)(=O)O. The third kappa shape index (κ3) is 30.3. The first-order valence-electron chi connectivity index (χ1n) is 10.2. The Morgan fingerprint density at radius 3 is 1.85 bits per heavy atom. The fraction of sp³-hybridized carbons (Fsp3) is 0.947. The molecule has 0 spiro atoms. The van der Waals surface area contributed by atoms with Crippen LogP contribution in [0, 0.1) is 0 Å². The van der Waals surface area contributed by atoms with Gasteiger partial charge in [-0.2, -0.15) is 8.42 Å². The number of nitrogens with zero attached hydrogens (tertiary/aromatic N) is 1. The van der Waals surface area contributed by atoms with E-state index in [1.54, 1.807) is 0 Å². The van der Waals surface area contributed by atoms with Gasteiger partial charge in [-0.25, -0.2) is 0 Å². The molecule has 0 aromatic carbocycles. The van der Waals surface area contributed by atoms with Gasteiger partial charge in [0.25, 0.3) is 0 Å². The van der Waals surface area contributed by atoms with Crippen LogP contribution in [0.4, 0.5) is 0 Å². The van der Waals surface area contributed by atoms with E-state index in [2.05, 4.69) is 35.4 Å². The van der Waals surface area contributed by atoms with Gasteiger partial charge in [-0.1, -0.05) is 58.3 Å². The van der Waals surface area contributed by atoms with Crippen LogP contribution in [0.5, 0.6) is 0 Å². The van der Waals surface area contributed by atoms with E-state index >= 15 is 0 Å². The molecule has 0 radical (unpaired) electrons. The van der Waals surface area contributed by atoms with Gasteiger partial charge in [-0.3, -0.25) is 13.5 Å². The molecule has 0 saturated carbocycles. The van der Waals surface area contributed by atoms with Crippen molar-refractivity contribution in [2.75, 3.05) is 34.3 Å². The maximum absolute atomic E-state index is 11.6. The lowest BCUT2D eigenvalue weighted by Gasteiger charge is -2.09. The second-order valence-electron chi connectivity index (χ2n) is 7.03. The predicted molar refractivity (Wildman–Crippen MR) is 111 cm³/mol. The van der Waals surface area contributed by atoms with Gasteiger partial charge in [-0.15, -0.1) is 0 Å². The van der Waals surface area contributed by atoms with E-state index in [9.17, 15) is 13.2 Å². The third-order valence-electron chi connectivity index (χ3n) is 4.07. The molecule has 164 valence electrons. The normalized spacial score (nSPS) is 11.2. The minimum absolute atomic E-state index is 0.239. The molecule has 0 aliphatic rings. The van der Waals surface area contributed by atoms with Gasteiger partial charge in [0.15, 0.2) is 0 Å². The summed E-state index contributed by atoms with van der Waals surface area (Å²) in [6, 6.07) is 0. The molecule has 0 aliphatic carbocycles. The van der Waals surface area contributed by atoms with Crippen LogP contribution in [-0.2, 0) is 19.4 Å². The predicted octanol–water partition coefficient (Wildman–Crippen LogP) is 3.80. The van der Waals surface area contributed by atoms with Crippen molar-refractivity contribution in [2.45, 2.75) is 84.0 Å². The number of carbonyl (C=O) groups is 1. The quantitative estimate of drug-likeness (QED) is 0.297. The Morgan fingerprint density at radius 2 is 1.41 bits per heavy atom. The van der Waals surface area contributed by atoms with Gasteiger partial charge < -0.3 is 10.2 Å². The topological polar surface area (TPSA) is 95.9 Å². The van der Waals surface area contributed by atoms with E-state index in [0.29, 0.717) is 6.42 Å². The van der Waals surface area contributed by atoms with Gasteiger partial charge in [-0.05, 0) is 39.9 Å². The molecular formula is C19H42N2O5S. The molecule has 0 aromatic rings. The molecule has 1 amide bonds. The van der Waals surface area contributed by atoms with Crippen LogP contribution in [0.3, 0.4) is 0 Å². The van der Waals surface area contributed by atoms with E-state index in [1.165, 1.54) is 51.4 Å². The van der Waals surface area contributed by atoms with Crippen molar-refractivity contribution in [3.8, 4) is 0 Å². The first-order valence-corrected chi connectivity index (χ1v) is 11.5. The van der Waals surface area contributed by atoms with Crippen molar-refractivity contribution in [3.05, 3.63) is 0 Å². The molecule has 0 rings (SSSR count). The van der Waals surface area contributed by atoms with Crippen LogP contribution < -0.4 is 5.32 Å². The Bertz CT molecular complexity index is 428. The van der Waals surface area contributed by atoms with Crippen LogP contribution in [0.25, 0.3) is 0 Å².